The molecule has 0 aromatic heterocycles. The lowest BCUT2D eigenvalue weighted by molar-refractivity contribution is 0.0296. The number of piperazine rings is 1. The smallest absolute Gasteiger partial charge is 0.123 e. The number of nitrogens with two attached hydrogens (primary N) is 1. The van der Waals surface area contributed by atoms with Crippen LogP contribution in [-0.2, 0) is 0 Å². The third-order valence-electron chi connectivity index (χ3n) is 4.86. The lowest BCUT2D eigenvalue weighted by Gasteiger charge is -2.46. The van der Waals surface area contributed by atoms with Gasteiger partial charge in [0.25, 0.3) is 0 Å². The Hall–Kier alpha value is -0.970. The molecule has 2 saturated heterocycles. The van der Waals surface area contributed by atoms with E-state index in [9.17, 15) is 4.39 Å². The Bertz CT molecular complexity index is 448. The van der Waals surface area contributed by atoms with Gasteiger partial charge in [0.2, 0.25) is 0 Å². The molecule has 3 atom stereocenters. The Morgan fingerprint density at radius 1 is 1.30 bits per heavy atom. The van der Waals surface area contributed by atoms with Crippen LogP contribution in [0.5, 0.6) is 0 Å². The summed E-state index contributed by atoms with van der Waals surface area (Å²) in [6.07, 6.45) is 2.61. The standard InChI is InChI=1S/C16H24FN3/c1-12-10-19-8-2-3-15(19)11-20(12)16(9-18)13-4-6-14(17)7-5-13/h4-7,12,15-16H,2-3,8-11,18H2,1H3. The van der Waals surface area contributed by atoms with Gasteiger partial charge >= 0.3 is 0 Å². The summed E-state index contributed by atoms with van der Waals surface area (Å²) in [6, 6.07) is 8.21. The fraction of sp³-hybridized carbons (Fsp3) is 0.625. The number of fused-ring (bicyclic) bond motifs is 1. The van der Waals surface area contributed by atoms with E-state index in [2.05, 4.69) is 16.7 Å². The molecule has 2 fully saturated rings. The lowest BCUT2D eigenvalue weighted by atomic mass is 9.99. The highest BCUT2D eigenvalue weighted by Crippen LogP contribution is 2.30. The third-order valence-corrected chi connectivity index (χ3v) is 4.86. The molecule has 0 saturated carbocycles. The third kappa shape index (κ3) is 2.60. The van der Waals surface area contributed by atoms with Crippen LogP contribution in [0.3, 0.4) is 0 Å². The molecule has 0 bridgehead atoms. The van der Waals surface area contributed by atoms with Gasteiger partial charge in [-0.05, 0) is 44.0 Å². The second-order valence-electron chi connectivity index (χ2n) is 6.14. The summed E-state index contributed by atoms with van der Waals surface area (Å²) in [5.41, 5.74) is 7.16. The van der Waals surface area contributed by atoms with E-state index < -0.39 is 0 Å². The first-order valence-corrected chi connectivity index (χ1v) is 7.64. The second-order valence-corrected chi connectivity index (χ2v) is 6.14. The molecule has 0 spiro atoms. The monoisotopic (exact) mass is 277 g/mol. The Balaban J connectivity index is 1.79. The van der Waals surface area contributed by atoms with Crippen LogP contribution in [0.4, 0.5) is 4.39 Å². The normalized spacial score (nSPS) is 29.4. The Morgan fingerprint density at radius 3 is 2.75 bits per heavy atom. The molecule has 1 aromatic rings. The quantitative estimate of drug-likeness (QED) is 0.917. The Labute approximate surface area is 120 Å². The van der Waals surface area contributed by atoms with Crippen LogP contribution in [0, 0.1) is 5.82 Å². The number of rotatable bonds is 3. The van der Waals surface area contributed by atoms with Gasteiger partial charge in [0, 0.05) is 37.8 Å². The number of hydrogen-bond acceptors (Lipinski definition) is 3. The molecule has 3 unspecified atom stereocenters. The van der Waals surface area contributed by atoms with Crippen LogP contribution < -0.4 is 5.73 Å². The average Bonchev–Trinajstić information content (AvgIpc) is 2.89. The SMILES string of the molecule is CC1CN2CCCC2CN1C(CN)c1ccc(F)cc1. The first kappa shape index (κ1) is 14.0. The zero-order valence-electron chi connectivity index (χ0n) is 12.1. The van der Waals surface area contributed by atoms with Crippen molar-refractivity contribution < 1.29 is 4.39 Å². The van der Waals surface area contributed by atoms with Gasteiger partial charge in [-0.1, -0.05) is 12.1 Å². The molecule has 4 heteroatoms. The highest BCUT2D eigenvalue weighted by atomic mass is 19.1. The summed E-state index contributed by atoms with van der Waals surface area (Å²) in [5, 5.41) is 0. The minimum atomic E-state index is -0.182. The van der Waals surface area contributed by atoms with Crippen LogP contribution in [0.2, 0.25) is 0 Å². The van der Waals surface area contributed by atoms with E-state index in [1.54, 1.807) is 0 Å². The molecule has 0 amide bonds. The predicted molar refractivity (Wildman–Crippen MR) is 79.0 cm³/mol. The summed E-state index contributed by atoms with van der Waals surface area (Å²) in [7, 11) is 0. The average molecular weight is 277 g/mol. The predicted octanol–water partition coefficient (Wildman–Crippen LogP) is 1.99. The highest BCUT2D eigenvalue weighted by molar-refractivity contribution is 5.21. The first-order chi connectivity index (χ1) is 9.69. The highest BCUT2D eigenvalue weighted by Gasteiger charge is 2.37. The zero-order valence-corrected chi connectivity index (χ0v) is 12.1. The number of hydrogen-bond donors (Lipinski definition) is 1. The minimum absolute atomic E-state index is 0.182. The van der Waals surface area contributed by atoms with Crippen molar-refractivity contribution in [3.8, 4) is 0 Å². The number of nitrogens with zero attached hydrogens (tertiary/aromatic N) is 2. The summed E-state index contributed by atoms with van der Waals surface area (Å²) in [5.74, 6) is -0.182. The molecule has 20 heavy (non-hydrogen) atoms. The summed E-state index contributed by atoms with van der Waals surface area (Å²) in [4.78, 5) is 5.12. The van der Waals surface area contributed by atoms with Gasteiger partial charge in [-0.2, -0.15) is 0 Å². The Morgan fingerprint density at radius 2 is 2.05 bits per heavy atom. The van der Waals surface area contributed by atoms with Crippen molar-refractivity contribution in [2.24, 2.45) is 5.73 Å². The van der Waals surface area contributed by atoms with Gasteiger partial charge < -0.3 is 5.73 Å². The summed E-state index contributed by atoms with van der Waals surface area (Å²) in [6.45, 7) is 6.32. The Kier molecular flexibility index (Phi) is 4.06. The maximum absolute atomic E-state index is 13.1. The molecule has 0 radical (unpaired) electrons. The molecule has 110 valence electrons. The topological polar surface area (TPSA) is 32.5 Å². The van der Waals surface area contributed by atoms with E-state index >= 15 is 0 Å². The van der Waals surface area contributed by atoms with Gasteiger partial charge in [0.15, 0.2) is 0 Å². The van der Waals surface area contributed by atoms with Gasteiger partial charge in [0.05, 0.1) is 0 Å². The van der Waals surface area contributed by atoms with Crippen LogP contribution in [-0.4, -0.2) is 48.1 Å². The van der Waals surface area contributed by atoms with Gasteiger partial charge in [-0.3, -0.25) is 9.80 Å². The van der Waals surface area contributed by atoms with Crippen molar-refractivity contribution in [3.05, 3.63) is 35.6 Å². The van der Waals surface area contributed by atoms with Crippen molar-refractivity contribution in [2.75, 3.05) is 26.2 Å². The molecule has 2 heterocycles. The molecular formula is C16H24FN3. The van der Waals surface area contributed by atoms with Crippen molar-refractivity contribution in [2.45, 2.75) is 37.9 Å². The first-order valence-electron chi connectivity index (χ1n) is 7.64. The van der Waals surface area contributed by atoms with Crippen LogP contribution in [0.1, 0.15) is 31.4 Å². The zero-order chi connectivity index (χ0) is 14.1. The largest absolute Gasteiger partial charge is 0.329 e. The molecule has 2 aliphatic heterocycles. The van der Waals surface area contributed by atoms with E-state index in [-0.39, 0.29) is 11.9 Å². The number of benzene rings is 1. The van der Waals surface area contributed by atoms with E-state index in [4.69, 9.17) is 5.73 Å². The molecule has 0 aliphatic carbocycles. The van der Waals surface area contributed by atoms with Gasteiger partial charge in [-0.15, -0.1) is 0 Å². The summed E-state index contributed by atoms with van der Waals surface area (Å²) < 4.78 is 13.1. The van der Waals surface area contributed by atoms with E-state index in [1.807, 2.05) is 12.1 Å². The van der Waals surface area contributed by atoms with Gasteiger partial charge in [0.1, 0.15) is 5.82 Å². The van der Waals surface area contributed by atoms with E-state index in [1.165, 1.54) is 31.5 Å². The molecule has 2 N–H and O–H groups in total. The molecule has 2 aliphatic rings. The van der Waals surface area contributed by atoms with E-state index in [0.717, 1.165) is 18.7 Å². The van der Waals surface area contributed by atoms with Crippen molar-refractivity contribution >= 4 is 0 Å². The van der Waals surface area contributed by atoms with Crippen molar-refractivity contribution in [1.29, 1.82) is 0 Å². The number of halogens is 1. The minimum Gasteiger partial charge on any atom is -0.329 e. The van der Waals surface area contributed by atoms with Crippen LogP contribution >= 0.6 is 0 Å². The molecular weight excluding hydrogens is 253 g/mol. The molecule has 3 rings (SSSR count). The lowest BCUT2D eigenvalue weighted by Crippen LogP contribution is -2.56. The van der Waals surface area contributed by atoms with Gasteiger partial charge in [-0.25, -0.2) is 4.39 Å². The second kappa shape index (κ2) is 5.80. The maximum atomic E-state index is 13.1. The van der Waals surface area contributed by atoms with Crippen LogP contribution in [0.25, 0.3) is 0 Å². The van der Waals surface area contributed by atoms with Crippen molar-refractivity contribution in [1.82, 2.24) is 9.80 Å². The summed E-state index contributed by atoms with van der Waals surface area (Å²) >= 11 is 0. The van der Waals surface area contributed by atoms with Crippen LogP contribution in [0.15, 0.2) is 24.3 Å². The van der Waals surface area contributed by atoms with E-state index in [0.29, 0.717) is 18.6 Å². The molecule has 1 aromatic carbocycles. The fourth-order valence-electron chi connectivity index (χ4n) is 3.79. The van der Waals surface area contributed by atoms with Crippen molar-refractivity contribution in [3.63, 3.8) is 0 Å². The maximum Gasteiger partial charge on any atom is 0.123 e. The fourth-order valence-corrected chi connectivity index (χ4v) is 3.79. The molecule has 3 nitrogen and oxygen atoms in total.